The molecule has 5 N–H and O–H groups in total. The zero-order valence-corrected chi connectivity index (χ0v) is 6.24. The number of rotatable bonds is 1. The van der Waals surface area contributed by atoms with Gasteiger partial charge in [0.1, 0.15) is 24.4 Å². The van der Waals surface area contributed by atoms with Crippen LogP contribution in [0.5, 0.6) is 0 Å². The standard InChI is InChI=1S/C6H12O6/c7-1-2-3(8)4(9)5(10)6(11)12-2/h2-11H,1H2/t2-,3+,4-,5-,6?/m1/s1/i6+1. The second-order valence-corrected chi connectivity index (χ2v) is 2.72. The number of aliphatic hydroxyl groups excluding tert-OH is 5. The van der Waals surface area contributed by atoms with Gasteiger partial charge in [0.25, 0.3) is 0 Å². The highest BCUT2D eigenvalue weighted by Crippen LogP contribution is 2.18. The van der Waals surface area contributed by atoms with E-state index < -0.39 is 37.3 Å². The smallest absolute Gasteiger partial charge is 0.184 e. The quantitative estimate of drug-likeness (QED) is 0.272. The van der Waals surface area contributed by atoms with Crippen molar-refractivity contribution in [2.24, 2.45) is 0 Å². The Morgan fingerprint density at radius 3 is 2.00 bits per heavy atom. The molecule has 12 heavy (non-hydrogen) atoms. The molecule has 0 radical (unpaired) electrons. The van der Waals surface area contributed by atoms with Gasteiger partial charge in [-0.15, -0.1) is 0 Å². The van der Waals surface area contributed by atoms with Crippen molar-refractivity contribution in [1.82, 2.24) is 0 Å². The van der Waals surface area contributed by atoms with Crippen molar-refractivity contribution in [3.05, 3.63) is 0 Å². The fourth-order valence-electron chi connectivity index (χ4n) is 1.08. The molecule has 0 amide bonds. The molecular formula is C6H12O6. The average Bonchev–Trinajstić information content (AvgIpc) is 2.08. The SMILES string of the molecule is OC[C@H]1O[13CH](O)[C@H](O)[C@H](O)[C@H]1O. The first-order chi connectivity index (χ1) is 5.57. The molecule has 0 aromatic carbocycles. The van der Waals surface area contributed by atoms with Gasteiger partial charge in [-0.25, -0.2) is 0 Å². The van der Waals surface area contributed by atoms with Crippen LogP contribution in [0, 0.1) is 0 Å². The molecule has 1 unspecified atom stereocenters. The molecule has 6 heteroatoms. The maximum absolute atomic E-state index is 9.12. The van der Waals surface area contributed by atoms with Crippen LogP contribution in [-0.2, 0) is 4.74 Å². The van der Waals surface area contributed by atoms with Crippen molar-refractivity contribution in [3.63, 3.8) is 0 Å². The predicted molar refractivity (Wildman–Crippen MR) is 36.0 cm³/mol. The molecule has 5 atom stereocenters. The second kappa shape index (κ2) is 3.65. The van der Waals surface area contributed by atoms with E-state index in [1.54, 1.807) is 0 Å². The van der Waals surface area contributed by atoms with Gasteiger partial charge < -0.3 is 30.3 Å². The van der Waals surface area contributed by atoms with Crippen LogP contribution in [0.3, 0.4) is 0 Å². The minimum atomic E-state index is -1.57. The molecule has 0 spiro atoms. The van der Waals surface area contributed by atoms with Gasteiger partial charge in [-0.3, -0.25) is 0 Å². The van der Waals surface area contributed by atoms with E-state index in [1.165, 1.54) is 0 Å². The molecule has 1 aliphatic rings. The van der Waals surface area contributed by atoms with Crippen LogP contribution in [0.2, 0.25) is 0 Å². The fourth-order valence-corrected chi connectivity index (χ4v) is 1.08. The third-order valence-electron chi connectivity index (χ3n) is 1.87. The summed E-state index contributed by atoms with van der Waals surface area (Å²) in [5.41, 5.74) is 0. The molecule has 1 saturated heterocycles. The van der Waals surface area contributed by atoms with Gasteiger partial charge in [0, 0.05) is 0 Å². The fraction of sp³-hybridized carbons (Fsp3) is 1.00. The molecule has 0 aliphatic carbocycles. The van der Waals surface area contributed by atoms with Gasteiger partial charge in [-0.1, -0.05) is 0 Å². The number of ether oxygens (including phenoxy) is 1. The van der Waals surface area contributed by atoms with Crippen LogP contribution in [0.25, 0.3) is 0 Å². The zero-order valence-electron chi connectivity index (χ0n) is 6.24. The van der Waals surface area contributed by atoms with Gasteiger partial charge in [-0.2, -0.15) is 0 Å². The third-order valence-corrected chi connectivity index (χ3v) is 1.87. The van der Waals surface area contributed by atoms with Crippen molar-refractivity contribution >= 4 is 0 Å². The summed E-state index contributed by atoms with van der Waals surface area (Å²) in [5, 5.41) is 44.7. The van der Waals surface area contributed by atoms with Crippen molar-refractivity contribution in [2.45, 2.75) is 30.7 Å². The van der Waals surface area contributed by atoms with Crippen molar-refractivity contribution in [3.8, 4) is 0 Å². The minimum Gasteiger partial charge on any atom is -0.394 e. The van der Waals surface area contributed by atoms with Crippen LogP contribution in [0.15, 0.2) is 0 Å². The Hall–Kier alpha value is -0.240. The van der Waals surface area contributed by atoms with E-state index in [9.17, 15) is 0 Å². The molecule has 1 aliphatic heterocycles. The van der Waals surface area contributed by atoms with Gasteiger partial charge in [0.2, 0.25) is 0 Å². The summed E-state index contributed by atoms with van der Waals surface area (Å²) >= 11 is 0. The van der Waals surface area contributed by atoms with E-state index in [0.29, 0.717) is 0 Å². The second-order valence-electron chi connectivity index (χ2n) is 2.72. The normalized spacial score (nSPS) is 49.2. The summed E-state index contributed by atoms with van der Waals surface area (Å²) < 4.78 is 4.58. The minimum absolute atomic E-state index is 0.526. The number of hydrogen-bond acceptors (Lipinski definition) is 6. The summed E-state index contributed by atoms with van der Waals surface area (Å²) in [6.07, 6.45) is -7.04. The zero-order chi connectivity index (χ0) is 9.30. The molecular weight excluding hydrogens is 169 g/mol. The monoisotopic (exact) mass is 181 g/mol. The lowest BCUT2D eigenvalue weighted by Crippen LogP contribution is -2.58. The highest BCUT2D eigenvalue weighted by Gasteiger charge is 2.42. The molecule has 6 nitrogen and oxygen atoms in total. The van der Waals surface area contributed by atoms with Crippen molar-refractivity contribution < 1.29 is 30.3 Å². The Balaban J connectivity index is 2.63. The van der Waals surface area contributed by atoms with Gasteiger partial charge >= 0.3 is 0 Å². The lowest BCUT2D eigenvalue weighted by atomic mass is 10.0. The van der Waals surface area contributed by atoms with Crippen LogP contribution in [-0.4, -0.2) is 62.8 Å². The van der Waals surface area contributed by atoms with Crippen LogP contribution >= 0.6 is 0 Å². The summed E-state index contributed by atoms with van der Waals surface area (Å²) in [6, 6.07) is 0. The van der Waals surface area contributed by atoms with E-state index in [-0.39, 0.29) is 0 Å². The Labute approximate surface area is 68.6 Å². The molecule has 0 saturated carbocycles. The first kappa shape index (κ1) is 9.85. The molecule has 1 fully saturated rings. The third kappa shape index (κ3) is 1.58. The first-order valence-corrected chi connectivity index (χ1v) is 3.56. The van der Waals surface area contributed by atoms with Gasteiger partial charge in [0.05, 0.1) is 6.61 Å². The van der Waals surface area contributed by atoms with E-state index in [4.69, 9.17) is 25.5 Å². The van der Waals surface area contributed by atoms with Crippen molar-refractivity contribution in [1.29, 1.82) is 0 Å². The van der Waals surface area contributed by atoms with E-state index in [2.05, 4.69) is 4.74 Å². The van der Waals surface area contributed by atoms with Crippen molar-refractivity contribution in [2.75, 3.05) is 6.61 Å². The molecule has 72 valence electrons. The summed E-state index contributed by atoms with van der Waals surface area (Å²) in [5.74, 6) is 0. The molecule has 0 bridgehead atoms. The number of hydrogen-bond donors (Lipinski definition) is 5. The van der Waals surface area contributed by atoms with Crippen LogP contribution in [0.1, 0.15) is 0 Å². The van der Waals surface area contributed by atoms with E-state index in [0.717, 1.165) is 0 Å². The van der Waals surface area contributed by atoms with Crippen LogP contribution < -0.4 is 0 Å². The van der Waals surface area contributed by atoms with E-state index in [1.807, 2.05) is 0 Å². The Morgan fingerprint density at radius 1 is 0.917 bits per heavy atom. The maximum atomic E-state index is 9.12. The molecule has 0 aromatic rings. The van der Waals surface area contributed by atoms with E-state index >= 15 is 0 Å². The Bertz CT molecular complexity index is 146. The van der Waals surface area contributed by atoms with Crippen LogP contribution in [0.4, 0.5) is 0 Å². The highest BCUT2D eigenvalue weighted by molar-refractivity contribution is 4.87. The van der Waals surface area contributed by atoms with Gasteiger partial charge in [-0.05, 0) is 0 Å². The number of aliphatic hydroxyl groups is 5. The summed E-state index contributed by atoms with van der Waals surface area (Å²) in [4.78, 5) is 0. The first-order valence-electron chi connectivity index (χ1n) is 3.56. The maximum Gasteiger partial charge on any atom is 0.184 e. The largest absolute Gasteiger partial charge is 0.394 e. The van der Waals surface area contributed by atoms with Gasteiger partial charge in [0.15, 0.2) is 6.29 Å². The summed E-state index contributed by atoms with van der Waals surface area (Å²) in [6.45, 7) is -0.526. The average molecular weight is 181 g/mol. The Kier molecular flexibility index (Phi) is 2.99. The lowest BCUT2D eigenvalue weighted by molar-refractivity contribution is -0.286. The lowest BCUT2D eigenvalue weighted by Gasteiger charge is -2.37. The topological polar surface area (TPSA) is 110 Å². The molecule has 0 aromatic heterocycles. The Morgan fingerprint density at radius 2 is 1.50 bits per heavy atom. The molecule has 1 heterocycles. The predicted octanol–water partition coefficient (Wildman–Crippen LogP) is -3.22. The highest BCUT2D eigenvalue weighted by atomic mass is 16.7. The molecule has 1 rings (SSSR count). The summed E-state index contributed by atoms with van der Waals surface area (Å²) in [7, 11) is 0.